The van der Waals surface area contributed by atoms with Crippen LogP contribution in [-0.4, -0.2) is 34.9 Å². The van der Waals surface area contributed by atoms with Gasteiger partial charge in [-0.05, 0) is 38.8 Å². The van der Waals surface area contributed by atoms with Gasteiger partial charge in [0.15, 0.2) is 0 Å². The molecule has 1 aliphatic heterocycles. The second kappa shape index (κ2) is 7.83. The van der Waals surface area contributed by atoms with Crippen LogP contribution in [0.25, 0.3) is 0 Å². The monoisotopic (exact) mass is 346 g/mol. The van der Waals surface area contributed by atoms with Gasteiger partial charge >= 0.3 is 0 Å². The summed E-state index contributed by atoms with van der Waals surface area (Å²) in [6, 6.07) is 7.93. The first-order chi connectivity index (χ1) is 11.6. The van der Waals surface area contributed by atoms with Crippen molar-refractivity contribution >= 4 is 22.9 Å². The normalized spacial score (nSPS) is 18.5. The second-order valence-corrected chi connectivity index (χ2v) is 7.10. The maximum Gasteiger partial charge on any atom is 0.286 e. The van der Waals surface area contributed by atoms with E-state index in [2.05, 4.69) is 27.8 Å². The number of anilines is 1. The quantitative estimate of drug-likeness (QED) is 0.841. The summed E-state index contributed by atoms with van der Waals surface area (Å²) in [4.78, 5) is 12.2. The Hall–Kier alpha value is -1.83. The van der Waals surface area contributed by atoms with Crippen molar-refractivity contribution in [3.8, 4) is 0 Å². The highest BCUT2D eigenvalue weighted by Crippen LogP contribution is 2.17. The summed E-state index contributed by atoms with van der Waals surface area (Å²) in [5.41, 5.74) is 1.91. The van der Waals surface area contributed by atoms with Crippen LogP contribution in [0.3, 0.4) is 0 Å². The lowest BCUT2D eigenvalue weighted by Gasteiger charge is -2.19. The predicted molar refractivity (Wildman–Crippen MR) is 94.3 cm³/mol. The SMILES string of the molecule is Cc1ccc(NC(=O)c2nnc(CN[C@H](C)[C@@H]3CCCO3)s2)cc1. The number of hydrogen-bond acceptors (Lipinski definition) is 6. The average molecular weight is 346 g/mol. The minimum Gasteiger partial charge on any atom is -0.377 e. The average Bonchev–Trinajstić information content (AvgIpc) is 3.26. The molecule has 0 aliphatic carbocycles. The zero-order chi connectivity index (χ0) is 16.9. The summed E-state index contributed by atoms with van der Waals surface area (Å²) in [7, 11) is 0. The molecule has 1 aliphatic rings. The molecule has 7 heteroatoms. The lowest BCUT2D eigenvalue weighted by molar-refractivity contribution is 0.0832. The van der Waals surface area contributed by atoms with Gasteiger partial charge < -0.3 is 15.4 Å². The zero-order valence-electron chi connectivity index (χ0n) is 13.9. The van der Waals surface area contributed by atoms with Crippen molar-refractivity contribution in [2.45, 2.75) is 45.4 Å². The Bertz CT molecular complexity index is 680. The highest BCUT2D eigenvalue weighted by Gasteiger charge is 2.22. The van der Waals surface area contributed by atoms with Crippen molar-refractivity contribution in [3.63, 3.8) is 0 Å². The summed E-state index contributed by atoms with van der Waals surface area (Å²) in [6.45, 7) is 5.56. The van der Waals surface area contributed by atoms with Gasteiger partial charge in [-0.3, -0.25) is 4.79 Å². The van der Waals surface area contributed by atoms with Crippen molar-refractivity contribution < 1.29 is 9.53 Å². The first-order valence-electron chi connectivity index (χ1n) is 8.17. The maximum atomic E-state index is 12.2. The van der Waals surface area contributed by atoms with Gasteiger partial charge in [-0.1, -0.05) is 29.0 Å². The fourth-order valence-electron chi connectivity index (χ4n) is 2.61. The second-order valence-electron chi connectivity index (χ2n) is 6.04. The lowest BCUT2D eigenvalue weighted by atomic mass is 10.1. The molecule has 1 fully saturated rings. The molecule has 1 aromatic heterocycles. The minimum atomic E-state index is -0.227. The van der Waals surface area contributed by atoms with E-state index < -0.39 is 0 Å². The van der Waals surface area contributed by atoms with E-state index in [1.54, 1.807) is 0 Å². The Morgan fingerprint density at radius 3 is 2.88 bits per heavy atom. The third-order valence-corrected chi connectivity index (χ3v) is 4.99. The van der Waals surface area contributed by atoms with Crippen LogP contribution in [0.1, 0.15) is 40.1 Å². The number of amides is 1. The fraction of sp³-hybridized carbons (Fsp3) is 0.471. The van der Waals surface area contributed by atoms with Crippen LogP contribution in [0.4, 0.5) is 5.69 Å². The van der Waals surface area contributed by atoms with Crippen LogP contribution >= 0.6 is 11.3 Å². The third kappa shape index (κ3) is 4.37. The molecule has 128 valence electrons. The number of carbonyl (C=O) groups is 1. The van der Waals surface area contributed by atoms with Gasteiger partial charge in [0.05, 0.1) is 12.6 Å². The number of hydrogen-bond donors (Lipinski definition) is 2. The van der Waals surface area contributed by atoms with Crippen LogP contribution in [0.15, 0.2) is 24.3 Å². The molecule has 0 unspecified atom stereocenters. The van der Waals surface area contributed by atoms with E-state index in [0.29, 0.717) is 11.6 Å². The zero-order valence-corrected chi connectivity index (χ0v) is 14.7. The molecule has 3 rings (SSSR count). The maximum absolute atomic E-state index is 12.2. The Labute approximate surface area is 145 Å². The highest BCUT2D eigenvalue weighted by atomic mass is 32.1. The smallest absolute Gasteiger partial charge is 0.286 e. The number of aryl methyl sites for hydroxylation is 1. The molecule has 0 saturated carbocycles. The molecule has 0 spiro atoms. The van der Waals surface area contributed by atoms with Gasteiger partial charge in [0.25, 0.3) is 5.91 Å². The van der Waals surface area contributed by atoms with Gasteiger partial charge in [-0.2, -0.15) is 0 Å². The largest absolute Gasteiger partial charge is 0.377 e. The van der Waals surface area contributed by atoms with Gasteiger partial charge in [-0.25, -0.2) is 0 Å². The number of rotatable bonds is 6. The van der Waals surface area contributed by atoms with E-state index in [0.717, 1.165) is 35.7 Å². The number of ether oxygens (including phenoxy) is 1. The van der Waals surface area contributed by atoms with Crippen molar-refractivity contribution in [3.05, 3.63) is 39.8 Å². The Balaban J connectivity index is 1.52. The standard InChI is InChI=1S/C17H22N4O2S/c1-11-5-7-13(8-6-11)19-16(22)17-21-20-15(24-17)10-18-12(2)14-4-3-9-23-14/h5-8,12,14,18H,3-4,9-10H2,1-2H3,(H,19,22)/t12-,14+/m1/s1. The molecule has 1 amide bonds. The molecular formula is C17H22N4O2S. The van der Waals surface area contributed by atoms with E-state index in [-0.39, 0.29) is 18.1 Å². The number of carbonyl (C=O) groups excluding carboxylic acids is 1. The number of benzene rings is 1. The summed E-state index contributed by atoms with van der Waals surface area (Å²) in [6.07, 6.45) is 2.48. The fourth-order valence-corrected chi connectivity index (χ4v) is 3.30. The van der Waals surface area contributed by atoms with Crippen molar-refractivity contribution in [2.75, 3.05) is 11.9 Å². The van der Waals surface area contributed by atoms with Crippen LogP contribution in [-0.2, 0) is 11.3 Å². The lowest BCUT2D eigenvalue weighted by Crippen LogP contribution is -2.36. The summed E-state index contributed by atoms with van der Waals surface area (Å²) in [5.74, 6) is -0.227. The Morgan fingerprint density at radius 2 is 2.17 bits per heavy atom. The minimum absolute atomic E-state index is 0.227. The molecule has 24 heavy (non-hydrogen) atoms. The molecule has 2 heterocycles. The van der Waals surface area contributed by atoms with Crippen LogP contribution in [0.2, 0.25) is 0 Å². The van der Waals surface area contributed by atoms with Gasteiger partial charge in [0.1, 0.15) is 5.01 Å². The molecule has 6 nitrogen and oxygen atoms in total. The first-order valence-corrected chi connectivity index (χ1v) is 8.99. The van der Waals surface area contributed by atoms with Gasteiger partial charge in [0.2, 0.25) is 5.01 Å². The Morgan fingerprint density at radius 1 is 1.38 bits per heavy atom. The van der Waals surface area contributed by atoms with E-state index in [9.17, 15) is 4.79 Å². The number of aromatic nitrogens is 2. The summed E-state index contributed by atoms with van der Waals surface area (Å²) in [5, 5.41) is 15.5. The highest BCUT2D eigenvalue weighted by molar-refractivity contribution is 7.13. The Kier molecular flexibility index (Phi) is 5.55. The predicted octanol–water partition coefficient (Wildman–Crippen LogP) is 2.76. The van der Waals surface area contributed by atoms with E-state index in [1.165, 1.54) is 11.3 Å². The summed E-state index contributed by atoms with van der Waals surface area (Å²) >= 11 is 1.31. The molecular weight excluding hydrogens is 324 g/mol. The van der Waals surface area contributed by atoms with Crippen LogP contribution in [0.5, 0.6) is 0 Å². The van der Waals surface area contributed by atoms with Gasteiger partial charge in [-0.15, -0.1) is 10.2 Å². The van der Waals surface area contributed by atoms with Crippen molar-refractivity contribution in [1.29, 1.82) is 0 Å². The molecule has 2 atom stereocenters. The molecule has 0 radical (unpaired) electrons. The van der Waals surface area contributed by atoms with Crippen LogP contribution in [0, 0.1) is 6.92 Å². The molecule has 1 aromatic carbocycles. The van der Waals surface area contributed by atoms with Crippen LogP contribution < -0.4 is 10.6 Å². The number of nitrogens with zero attached hydrogens (tertiary/aromatic N) is 2. The molecule has 2 aromatic rings. The first kappa shape index (κ1) is 17.0. The molecule has 0 bridgehead atoms. The van der Waals surface area contributed by atoms with Gasteiger partial charge in [0, 0.05) is 18.3 Å². The van der Waals surface area contributed by atoms with E-state index in [4.69, 9.17) is 4.74 Å². The van der Waals surface area contributed by atoms with Crippen molar-refractivity contribution in [1.82, 2.24) is 15.5 Å². The van der Waals surface area contributed by atoms with E-state index in [1.807, 2.05) is 31.2 Å². The van der Waals surface area contributed by atoms with Crippen molar-refractivity contribution in [2.24, 2.45) is 0 Å². The molecule has 2 N–H and O–H groups in total. The number of nitrogens with one attached hydrogen (secondary N) is 2. The third-order valence-electron chi connectivity index (χ3n) is 4.07. The molecule has 1 saturated heterocycles. The van der Waals surface area contributed by atoms with E-state index >= 15 is 0 Å². The summed E-state index contributed by atoms with van der Waals surface area (Å²) < 4.78 is 5.66. The topological polar surface area (TPSA) is 76.1 Å².